The molecule has 0 fully saturated rings. The molecule has 0 aromatic carbocycles. The first-order valence-electron chi connectivity index (χ1n) is 4.87. The van der Waals surface area contributed by atoms with Crippen molar-refractivity contribution < 1.29 is 9.59 Å². The summed E-state index contributed by atoms with van der Waals surface area (Å²) in [6.45, 7) is 5.58. The number of carbonyl (C=O) groups is 2. The Morgan fingerprint density at radius 1 is 1.47 bits per heavy atom. The highest BCUT2D eigenvalue weighted by Crippen LogP contribution is 2.17. The van der Waals surface area contributed by atoms with Crippen LogP contribution in [0.25, 0.3) is 0 Å². The van der Waals surface area contributed by atoms with Crippen molar-refractivity contribution in [1.29, 1.82) is 0 Å². The van der Waals surface area contributed by atoms with E-state index in [9.17, 15) is 9.59 Å². The number of hydrogen-bond acceptors (Lipinski definition) is 3. The Labute approximate surface area is 89.5 Å². The molecule has 80 valence electrons. The zero-order valence-corrected chi connectivity index (χ0v) is 9.28. The van der Waals surface area contributed by atoms with Gasteiger partial charge in [-0.05, 0) is 12.1 Å². The number of aldehydes is 1. The number of pyridine rings is 1. The molecule has 0 radical (unpaired) electrons. The summed E-state index contributed by atoms with van der Waals surface area (Å²) in [4.78, 5) is 26.5. The van der Waals surface area contributed by atoms with Crippen molar-refractivity contribution in [3.8, 4) is 0 Å². The van der Waals surface area contributed by atoms with E-state index in [1.165, 1.54) is 0 Å². The molecule has 0 aliphatic rings. The van der Waals surface area contributed by atoms with Crippen molar-refractivity contribution >= 4 is 12.1 Å². The fraction of sp³-hybridized carbons (Fsp3) is 0.417. The highest BCUT2D eigenvalue weighted by atomic mass is 16.1. The molecule has 0 N–H and O–H groups in total. The molecule has 0 amide bonds. The smallest absolute Gasteiger partial charge is 0.151 e. The minimum Gasteiger partial charge on any atom is -0.299 e. The van der Waals surface area contributed by atoms with Crippen molar-refractivity contribution in [2.24, 2.45) is 5.41 Å². The lowest BCUT2D eigenvalue weighted by atomic mass is 9.87. The van der Waals surface area contributed by atoms with E-state index in [1.807, 2.05) is 20.8 Å². The van der Waals surface area contributed by atoms with Crippen LogP contribution >= 0.6 is 0 Å². The summed E-state index contributed by atoms with van der Waals surface area (Å²) in [6.07, 6.45) is 2.55. The molecular formula is C12H15NO2. The highest BCUT2D eigenvalue weighted by Gasteiger charge is 2.22. The number of ketones is 1. The molecule has 0 saturated carbocycles. The SMILES string of the molecule is CC(C)(C)C(=O)Cc1ncccc1C=O. The summed E-state index contributed by atoms with van der Waals surface area (Å²) in [7, 11) is 0. The summed E-state index contributed by atoms with van der Waals surface area (Å²) in [5.74, 6) is 0.0873. The zero-order chi connectivity index (χ0) is 11.5. The molecule has 0 bridgehead atoms. The van der Waals surface area contributed by atoms with Crippen LogP contribution < -0.4 is 0 Å². The van der Waals surface area contributed by atoms with Gasteiger partial charge in [-0.15, -0.1) is 0 Å². The van der Waals surface area contributed by atoms with Gasteiger partial charge >= 0.3 is 0 Å². The van der Waals surface area contributed by atoms with Crippen molar-refractivity contribution in [2.45, 2.75) is 27.2 Å². The van der Waals surface area contributed by atoms with Crippen LogP contribution in [0.3, 0.4) is 0 Å². The van der Waals surface area contributed by atoms with Crippen LogP contribution in [0.2, 0.25) is 0 Å². The number of hydrogen-bond donors (Lipinski definition) is 0. The maximum absolute atomic E-state index is 11.7. The predicted octanol–water partition coefficient (Wildman–Crippen LogP) is 2.05. The van der Waals surface area contributed by atoms with Crippen LogP contribution in [0.15, 0.2) is 18.3 Å². The Morgan fingerprint density at radius 2 is 2.13 bits per heavy atom. The molecule has 3 nitrogen and oxygen atoms in total. The lowest BCUT2D eigenvalue weighted by Crippen LogP contribution is -2.23. The first-order chi connectivity index (χ1) is 6.95. The quantitative estimate of drug-likeness (QED) is 0.709. The zero-order valence-electron chi connectivity index (χ0n) is 9.28. The topological polar surface area (TPSA) is 47.0 Å². The van der Waals surface area contributed by atoms with Crippen LogP contribution in [-0.2, 0) is 11.2 Å². The predicted molar refractivity (Wildman–Crippen MR) is 57.8 cm³/mol. The molecule has 1 aromatic rings. The van der Waals surface area contributed by atoms with Crippen molar-refractivity contribution in [3.05, 3.63) is 29.6 Å². The second-order valence-electron chi connectivity index (χ2n) is 4.51. The second-order valence-corrected chi connectivity index (χ2v) is 4.51. The number of carbonyl (C=O) groups excluding carboxylic acids is 2. The standard InChI is InChI=1S/C12H15NO2/c1-12(2,3)11(15)7-10-9(8-14)5-4-6-13-10/h4-6,8H,7H2,1-3H3. The Hall–Kier alpha value is -1.51. The van der Waals surface area contributed by atoms with Gasteiger partial charge in [0.05, 0.1) is 5.69 Å². The van der Waals surface area contributed by atoms with Crippen LogP contribution in [0.1, 0.15) is 36.8 Å². The van der Waals surface area contributed by atoms with Crippen molar-refractivity contribution in [2.75, 3.05) is 0 Å². The Bertz CT molecular complexity index is 377. The fourth-order valence-corrected chi connectivity index (χ4v) is 1.12. The minimum absolute atomic E-state index is 0.0873. The van der Waals surface area contributed by atoms with Gasteiger partial charge in [0.25, 0.3) is 0 Å². The molecule has 3 heteroatoms. The molecule has 0 spiro atoms. The van der Waals surface area contributed by atoms with Crippen LogP contribution in [0, 0.1) is 5.41 Å². The van der Waals surface area contributed by atoms with Gasteiger partial charge in [0, 0.05) is 23.6 Å². The van der Waals surface area contributed by atoms with E-state index in [2.05, 4.69) is 4.98 Å². The lowest BCUT2D eigenvalue weighted by molar-refractivity contribution is -0.125. The monoisotopic (exact) mass is 205 g/mol. The Morgan fingerprint density at radius 3 is 2.67 bits per heavy atom. The van der Waals surface area contributed by atoms with E-state index in [0.717, 1.165) is 6.29 Å². The van der Waals surface area contributed by atoms with Gasteiger partial charge in [0.2, 0.25) is 0 Å². The van der Waals surface area contributed by atoms with Crippen molar-refractivity contribution in [1.82, 2.24) is 4.98 Å². The van der Waals surface area contributed by atoms with E-state index in [4.69, 9.17) is 0 Å². The van der Waals surface area contributed by atoms with E-state index < -0.39 is 5.41 Å². The minimum atomic E-state index is -0.391. The van der Waals surface area contributed by atoms with Crippen LogP contribution in [0.5, 0.6) is 0 Å². The van der Waals surface area contributed by atoms with E-state index in [1.54, 1.807) is 18.3 Å². The van der Waals surface area contributed by atoms with Crippen LogP contribution in [0.4, 0.5) is 0 Å². The molecule has 1 rings (SSSR count). The van der Waals surface area contributed by atoms with Gasteiger partial charge in [-0.3, -0.25) is 14.6 Å². The number of aromatic nitrogens is 1. The molecule has 0 unspecified atom stereocenters. The molecular weight excluding hydrogens is 190 g/mol. The van der Waals surface area contributed by atoms with Crippen LogP contribution in [-0.4, -0.2) is 17.1 Å². The summed E-state index contributed by atoms with van der Waals surface area (Å²) >= 11 is 0. The van der Waals surface area contributed by atoms with E-state index in [-0.39, 0.29) is 12.2 Å². The third kappa shape index (κ3) is 2.98. The molecule has 1 heterocycles. The maximum atomic E-state index is 11.7. The first-order valence-corrected chi connectivity index (χ1v) is 4.87. The largest absolute Gasteiger partial charge is 0.299 e. The van der Waals surface area contributed by atoms with Gasteiger partial charge in [-0.2, -0.15) is 0 Å². The van der Waals surface area contributed by atoms with Crippen molar-refractivity contribution in [3.63, 3.8) is 0 Å². The Kier molecular flexibility index (Phi) is 3.35. The van der Waals surface area contributed by atoms with Gasteiger partial charge in [0.15, 0.2) is 6.29 Å². The third-order valence-corrected chi connectivity index (χ3v) is 2.22. The van der Waals surface area contributed by atoms with Gasteiger partial charge < -0.3 is 0 Å². The molecule has 1 aromatic heterocycles. The normalized spacial score (nSPS) is 11.1. The highest BCUT2D eigenvalue weighted by molar-refractivity contribution is 5.87. The summed E-state index contributed by atoms with van der Waals surface area (Å²) in [6, 6.07) is 3.36. The molecule has 0 aliphatic heterocycles. The lowest BCUT2D eigenvalue weighted by Gasteiger charge is -2.16. The van der Waals surface area contributed by atoms with Gasteiger partial charge in [-0.25, -0.2) is 0 Å². The number of rotatable bonds is 3. The third-order valence-electron chi connectivity index (χ3n) is 2.22. The second kappa shape index (κ2) is 4.34. The summed E-state index contributed by atoms with van der Waals surface area (Å²) < 4.78 is 0. The molecule has 15 heavy (non-hydrogen) atoms. The molecule has 0 atom stereocenters. The average molecular weight is 205 g/mol. The number of Topliss-reactive ketones (excluding diaryl/α,β-unsaturated/α-hetero) is 1. The summed E-state index contributed by atoms with van der Waals surface area (Å²) in [5, 5.41) is 0. The summed E-state index contributed by atoms with van der Waals surface area (Å²) in [5.41, 5.74) is 0.667. The number of nitrogens with zero attached hydrogens (tertiary/aromatic N) is 1. The van der Waals surface area contributed by atoms with Gasteiger partial charge in [-0.1, -0.05) is 20.8 Å². The van der Waals surface area contributed by atoms with Gasteiger partial charge in [0.1, 0.15) is 5.78 Å². The first kappa shape index (κ1) is 11.6. The average Bonchev–Trinajstić information content (AvgIpc) is 2.17. The molecule has 0 aliphatic carbocycles. The fourth-order valence-electron chi connectivity index (χ4n) is 1.12. The van der Waals surface area contributed by atoms with E-state index >= 15 is 0 Å². The molecule has 0 saturated heterocycles. The Balaban J connectivity index is 2.90. The maximum Gasteiger partial charge on any atom is 0.151 e. The van der Waals surface area contributed by atoms with E-state index in [0.29, 0.717) is 11.3 Å².